The number of aromatic nitrogens is 2. The largest absolute Gasteiger partial charge is 0.465 e. The molecule has 1 heterocycles. The minimum atomic E-state index is -0.398. The van der Waals surface area contributed by atoms with Crippen LogP contribution in [0.15, 0.2) is 67.0 Å². The summed E-state index contributed by atoms with van der Waals surface area (Å²) in [5, 5.41) is 5.97. The topological polar surface area (TPSA) is 93.2 Å². The molecule has 7 nitrogen and oxygen atoms in total. The van der Waals surface area contributed by atoms with E-state index in [1.54, 1.807) is 30.3 Å². The molecule has 1 amide bonds. The van der Waals surface area contributed by atoms with Gasteiger partial charge in [0.15, 0.2) is 0 Å². The van der Waals surface area contributed by atoms with Crippen molar-refractivity contribution in [2.45, 2.75) is 12.8 Å². The lowest BCUT2D eigenvalue weighted by Crippen LogP contribution is -2.25. The smallest absolute Gasteiger partial charge is 0.337 e. The van der Waals surface area contributed by atoms with E-state index in [1.807, 2.05) is 18.2 Å². The number of nitrogens with one attached hydrogen (secondary N) is 2. The van der Waals surface area contributed by atoms with Gasteiger partial charge in [-0.25, -0.2) is 14.8 Å². The molecule has 0 aliphatic carbocycles. The van der Waals surface area contributed by atoms with Gasteiger partial charge in [-0.15, -0.1) is 0 Å². The molecule has 0 saturated carbocycles. The molecule has 1 aromatic heterocycles. The van der Waals surface area contributed by atoms with Gasteiger partial charge in [0.1, 0.15) is 17.8 Å². The van der Waals surface area contributed by atoms with Crippen molar-refractivity contribution >= 4 is 23.4 Å². The zero-order valence-corrected chi connectivity index (χ0v) is 16.1. The maximum absolute atomic E-state index is 12.3. The summed E-state index contributed by atoms with van der Waals surface area (Å²) < 4.78 is 4.68. The average Bonchev–Trinajstić information content (AvgIpc) is 2.77. The van der Waals surface area contributed by atoms with E-state index < -0.39 is 5.97 Å². The number of anilines is 2. The first kappa shape index (κ1) is 20.0. The molecule has 2 N–H and O–H groups in total. The standard InChI is InChI=1S/C22H22N4O3/c1-29-22(28)17-9-11-18(12-10-17)26-20-14-19(24-15-25-20)21(27)23-13-5-8-16-6-3-2-4-7-16/h2-4,6-7,9-12,14-15H,5,8,13H2,1H3,(H,23,27)(H,24,25,26). The second-order valence-electron chi connectivity index (χ2n) is 6.33. The van der Waals surface area contributed by atoms with Crippen molar-refractivity contribution in [1.82, 2.24) is 15.3 Å². The molecule has 3 rings (SSSR count). The zero-order valence-electron chi connectivity index (χ0n) is 16.1. The molecule has 0 saturated heterocycles. The number of methoxy groups -OCH3 is 1. The number of carbonyl (C=O) groups excluding carboxylic acids is 2. The minimum Gasteiger partial charge on any atom is -0.465 e. The number of carbonyl (C=O) groups is 2. The number of hydrogen-bond donors (Lipinski definition) is 2. The maximum Gasteiger partial charge on any atom is 0.337 e. The van der Waals surface area contributed by atoms with Gasteiger partial charge in [0.05, 0.1) is 12.7 Å². The third kappa shape index (κ3) is 5.87. The summed E-state index contributed by atoms with van der Waals surface area (Å²) in [6.45, 7) is 0.565. The summed E-state index contributed by atoms with van der Waals surface area (Å²) in [6, 6.07) is 18.5. The van der Waals surface area contributed by atoms with Gasteiger partial charge in [0.25, 0.3) is 5.91 Å². The van der Waals surface area contributed by atoms with E-state index in [9.17, 15) is 9.59 Å². The van der Waals surface area contributed by atoms with Crippen LogP contribution in [0.5, 0.6) is 0 Å². The lowest BCUT2D eigenvalue weighted by molar-refractivity contribution is 0.0600. The Labute approximate surface area is 169 Å². The number of esters is 1. The van der Waals surface area contributed by atoms with E-state index in [4.69, 9.17) is 0 Å². The fourth-order valence-corrected chi connectivity index (χ4v) is 2.73. The average molecular weight is 390 g/mol. The molecule has 7 heteroatoms. The number of aryl methyl sites for hydroxylation is 1. The highest BCUT2D eigenvalue weighted by atomic mass is 16.5. The SMILES string of the molecule is COC(=O)c1ccc(Nc2cc(C(=O)NCCCc3ccccc3)ncn2)cc1. The van der Waals surface area contributed by atoms with Crippen LogP contribution in [-0.2, 0) is 11.2 Å². The molecular weight excluding hydrogens is 368 g/mol. The normalized spacial score (nSPS) is 10.2. The van der Waals surface area contributed by atoms with Crippen LogP contribution in [0.4, 0.5) is 11.5 Å². The molecule has 29 heavy (non-hydrogen) atoms. The van der Waals surface area contributed by atoms with E-state index in [-0.39, 0.29) is 11.6 Å². The number of nitrogens with zero attached hydrogens (tertiary/aromatic N) is 2. The zero-order chi connectivity index (χ0) is 20.5. The second kappa shape index (κ2) is 9.98. The third-order valence-corrected chi connectivity index (χ3v) is 4.25. The minimum absolute atomic E-state index is 0.246. The number of hydrogen-bond acceptors (Lipinski definition) is 6. The van der Waals surface area contributed by atoms with Gasteiger partial charge in [-0.05, 0) is 42.7 Å². The van der Waals surface area contributed by atoms with Crippen LogP contribution < -0.4 is 10.6 Å². The summed E-state index contributed by atoms with van der Waals surface area (Å²) in [4.78, 5) is 32.0. The fourth-order valence-electron chi connectivity index (χ4n) is 2.73. The molecule has 0 fully saturated rings. The maximum atomic E-state index is 12.3. The molecule has 0 aliphatic rings. The highest BCUT2D eigenvalue weighted by Crippen LogP contribution is 2.16. The summed E-state index contributed by atoms with van der Waals surface area (Å²) in [5.74, 6) is -0.158. The van der Waals surface area contributed by atoms with Crippen LogP contribution in [0.1, 0.15) is 32.8 Å². The summed E-state index contributed by atoms with van der Waals surface area (Å²) >= 11 is 0. The first-order valence-electron chi connectivity index (χ1n) is 9.25. The van der Waals surface area contributed by atoms with Crippen molar-refractivity contribution in [2.24, 2.45) is 0 Å². The summed E-state index contributed by atoms with van der Waals surface area (Å²) in [7, 11) is 1.34. The van der Waals surface area contributed by atoms with Crippen LogP contribution in [0.3, 0.4) is 0 Å². The molecule has 0 atom stereocenters. The second-order valence-corrected chi connectivity index (χ2v) is 6.33. The van der Waals surface area contributed by atoms with Crippen LogP contribution in [0.25, 0.3) is 0 Å². The Bertz CT molecular complexity index is 959. The van der Waals surface area contributed by atoms with Crippen molar-refractivity contribution in [2.75, 3.05) is 19.0 Å². The van der Waals surface area contributed by atoms with E-state index in [0.717, 1.165) is 18.5 Å². The van der Waals surface area contributed by atoms with E-state index in [0.29, 0.717) is 17.9 Å². The first-order chi connectivity index (χ1) is 14.2. The van der Waals surface area contributed by atoms with Gasteiger partial charge < -0.3 is 15.4 Å². The number of amides is 1. The molecule has 148 valence electrons. The monoisotopic (exact) mass is 390 g/mol. The van der Waals surface area contributed by atoms with Crippen LogP contribution in [0, 0.1) is 0 Å². The van der Waals surface area contributed by atoms with Gasteiger partial charge in [0, 0.05) is 18.3 Å². The lowest BCUT2D eigenvalue weighted by Gasteiger charge is -2.08. The number of benzene rings is 2. The molecular formula is C22H22N4O3. The third-order valence-electron chi connectivity index (χ3n) is 4.25. The Kier molecular flexibility index (Phi) is 6.89. The van der Waals surface area contributed by atoms with Gasteiger partial charge in [-0.1, -0.05) is 30.3 Å². The predicted molar refractivity (Wildman–Crippen MR) is 110 cm³/mol. The Morgan fingerprint density at radius 2 is 1.76 bits per heavy atom. The molecule has 0 spiro atoms. The Morgan fingerprint density at radius 3 is 2.48 bits per heavy atom. The van der Waals surface area contributed by atoms with E-state index in [1.165, 1.54) is 19.0 Å². The van der Waals surface area contributed by atoms with Crippen LogP contribution >= 0.6 is 0 Å². The fraction of sp³-hybridized carbons (Fsp3) is 0.182. The van der Waals surface area contributed by atoms with Crippen molar-refractivity contribution in [3.8, 4) is 0 Å². The van der Waals surface area contributed by atoms with Crippen molar-refractivity contribution in [1.29, 1.82) is 0 Å². The Balaban J connectivity index is 1.53. The molecule has 0 aliphatic heterocycles. The van der Waals surface area contributed by atoms with Crippen LogP contribution in [0.2, 0.25) is 0 Å². The van der Waals surface area contributed by atoms with Crippen molar-refractivity contribution in [3.05, 3.63) is 83.8 Å². The Morgan fingerprint density at radius 1 is 1.00 bits per heavy atom. The molecule has 0 radical (unpaired) electrons. The van der Waals surface area contributed by atoms with Gasteiger partial charge in [-0.3, -0.25) is 4.79 Å². The molecule has 2 aromatic carbocycles. The Hall–Kier alpha value is -3.74. The van der Waals surface area contributed by atoms with E-state index in [2.05, 4.69) is 37.5 Å². The van der Waals surface area contributed by atoms with E-state index >= 15 is 0 Å². The summed E-state index contributed by atoms with van der Waals surface area (Å²) in [6.07, 6.45) is 3.09. The van der Waals surface area contributed by atoms with Gasteiger partial charge in [0.2, 0.25) is 0 Å². The highest BCUT2D eigenvalue weighted by Gasteiger charge is 2.09. The number of rotatable bonds is 8. The van der Waals surface area contributed by atoms with Gasteiger partial charge >= 0.3 is 5.97 Å². The predicted octanol–water partition coefficient (Wildman–Crippen LogP) is 3.37. The highest BCUT2D eigenvalue weighted by molar-refractivity contribution is 5.93. The molecule has 3 aromatic rings. The quantitative estimate of drug-likeness (QED) is 0.452. The summed E-state index contributed by atoms with van der Waals surface area (Å²) in [5.41, 5.74) is 2.71. The molecule has 0 bridgehead atoms. The first-order valence-corrected chi connectivity index (χ1v) is 9.25. The van der Waals surface area contributed by atoms with Crippen LogP contribution in [-0.4, -0.2) is 35.5 Å². The van der Waals surface area contributed by atoms with Crippen molar-refractivity contribution in [3.63, 3.8) is 0 Å². The number of ether oxygens (including phenoxy) is 1. The lowest BCUT2D eigenvalue weighted by atomic mass is 10.1. The molecule has 0 unspecified atom stereocenters. The van der Waals surface area contributed by atoms with Gasteiger partial charge in [-0.2, -0.15) is 0 Å². The van der Waals surface area contributed by atoms with Crippen molar-refractivity contribution < 1.29 is 14.3 Å².